The van der Waals surface area contributed by atoms with Gasteiger partial charge < -0.3 is 15.5 Å². The molecular formula is C15H30Cl2N4O2. The second-order valence-corrected chi connectivity index (χ2v) is 6.18. The monoisotopic (exact) mass is 368 g/mol. The number of rotatable bonds is 4. The Morgan fingerprint density at radius 2 is 1.52 bits per heavy atom. The number of halogens is 2. The predicted molar refractivity (Wildman–Crippen MR) is 96.2 cm³/mol. The number of amides is 2. The van der Waals surface area contributed by atoms with Gasteiger partial charge in [0, 0.05) is 51.7 Å². The van der Waals surface area contributed by atoms with Gasteiger partial charge in [-0.2, -0.15) is 0 Å². The number of carbonyl (C=O) groups excluding carboxylic acids is 2. The van der Waals surface area contributed by atoms with E-state index in [1.807, 2.05) is 16.7 Å². The van der Waals surface area contributed by atoms with Crippen molar-refractivity contribution in [2.45, 2.75) is 26.2 Å². The van der Waals surface area contributed by atoms with Crippen molar-refractivity contribution in [3.8, 4) is 0 Å². The summed E-state index contributed by atoms with van der Waals surface area (Å²) in [4.78, 5) is 30.4. The molecule has 0 spiro atoms. The zero-order valence-corrected chi connectivity index (χ0v) is 15.5. The first-order valence-corrected chi connectivity index (χ1v) is 8.11. The number of hydrogen-bond acceptors (Lipinski definition) is 4. The van der Waals surface area contributed by atoms with Crippen LogP contribution in [-0.4, -0.2) is 78.9 Å². The lowest BCUT2D eigenvalue weighted by Gasteiger charge is -2.25. The molecule has 0 aromatic heterocycles. The van der Waals surface area contributed by atoms with Gasteiger partial charge in [0.05, 0.1) is 6.54 Å². The first kappa shape index (κ1) is 22.4. The summed E-state index contributed by atoms with van der Waals surface area (Å²) < 4.78 is 0. The Morgan fingerprint density at radius 1 is 0.913 bits per heavy atom. The molecule has 23 heavy (non-hydrogen) atoms. The lowest BCUT2D eigenvalue weighted by Crippen LogP contribution is -2.42. The van der Waals surface area contributed by atoms with Crippen LogP contribution in [0.2, 0.25) is 0 Å². The number of nitrogens with two attached hydrogens (primary N) is 1. The summed E-state index contributed by atoms with van der Waals surface area (Å²) in [7, 11) is 0. The molecule has 2 N–H and O–H groups in total. The smallest absolute Gasteiger partial charge is 0.236 e. The minimum Gasteiger partial charge on any atom is -0.342 e. The summed E-state index contributed by atoms with van der Waals surface area (Å²) in [5, 5.41) is 0. The normalized spacial score (nSPS) is 20.3. The van der Waals surface area contributed by atoms with Crippen molar-refractivity contribution in [2.24, 2.45) is 11.7 Å². The molecule has 1 atom stereocenters. The maximum absolute atomic E-state index is 12.2. The molecule has 136 valence electrons. The van der Waals surface area contributed by atoms with Gasteiger partial charge in [0.2, 0.25) is 11.8 Å². The fourth-order valence-electron chi connectivity index (χ4n) is 3.02. The molecule has 2 rings (SSSR count). The van der Waals surface area contributed by atoms with Crippen LogP contribution in [0, 0.1) is 5.92 Å². The summed E-state index contributed by atoms with van der Waals surface area (Å²) in [6.45, 7) is 7.73. The maximum atomic E-state index is 12.2. The van der Waals surface area contributed by atoms with E-state index in [9.17, 15) is 9.59 Å². The Bertz CT molecular complexity index is 378. The SMILES string of the molecule is CC(CN)C(=O)N1CCCN(CC(=O)N2CCCC2)CC1.Cl.Cl. The fourth-order valence-corrected chi connectivity index (χ4v) is 3.02. The Hall–Kier alpha value is -0.560. The van der Waals surface area contributed by atoms with Crippen molar-refractivity contribution in [1.82, 2.24) is 14.7 Å². The van der Waals surface area contributed by atoms with Crippen LogP contribution in [0.3, 0.4) is 0 Å². The van der Waals surface area contributed by atoms with E-state index in [2.05, 4.69) is 4.90 Å². The van der Waals surface area contributed by atoms with Crippen LogP contribution in [0.15, 0.2) is 0 Å². The Labute approximate surface area is 151 Å². The maximum Gasteiger partial charge on any atom is 0.236 e. The lowest BCUT2D eigenvalue weighted by atomic mass is 10.1. The van der Waals surface area contributed by atoms with E-state index in [1.54, 1.807) is 0 Å². The highest BCUT2D eigenvalue weighted by Crippen LogP contribution is 2.11. The van der Waals surface area contributed by atoms with Crippen molar-refractivity contribution in [1.29, 1.82) is 0 Å². The van der Waals surface area contributed by atoms with Gasteiger partial charge >= 0.3 is 0 Å². The van der Waals surface area contributed by atoms with Crippen LogP contribution in [0.1, 0.15) is 26.2 Å². The molecule has 0 radical (unpaired) electrons. The summed E-state index contributed by atoms with van der Waals surface area (Å²) in [5.74, 6) is 0.274. The van der Waals surface area contributed by atoms with Crippen molar-refractivity contribution in [2.75, 3.05) is 52.4 Å². The fraction of sp³-hybridized carbons (Fsp3) is 0.867. The molecule has 2 aliphatic heterocycles. The second-order valence-electron chi connectivity index (χ2n) is 6.18. The average molecular weight is 369 g/mol. The summed E-state index contributed by atoms with van der Waals surface area (Å²) in [5.41, 5.74) is 5.57. The van der Waals surface area contributed by atoms with Gasteiger partial charge in [-0.15, -0.1) is 24.8 Å². The van der Waals surface area contributed by atoms with E-state index in [4.69, 9.17) is 5.73 Å². The molecule has 0 bridgehead atoms. The van der Waals surface area contributed by atoms with Crippen molar-refractivity contribution in [3.63, 3.8) is 0 Å². The highest BCUT2D eigenvalue weighted by atomic mass is 35.5. The van der Waals surface area contributed by atoms with Crippen LogP contribution < -0.4 is 5.73 Å². The Morgan fingerprint density at radius 3 is 2.13 bits per heavy atom. The predicted octanol–water partition coefficient (Wildman–Crippen LogP) is 0.581. The van der Waals surface area contributed by atoms with Gasteiger partial charge in [0.15, 0.2) is 0 Å². The molecule has 0 aromatic carbocycles. The molecular weight excluding hydrogens is 339 g/mol. The standard InChI is InChI=1S/C15H28N4O2.2ClH/c1-13(11-16)15(21)19-8-4-5-17(9-10-19)12-14(20)18-6-2-3-7-18;;/h13H,2-12,16H2,1H3;2*1H. The van der Waals surface area contributed by atoms with Gasteiger partial charge in [-0.3, -0.25) is 14.5 Å². The van der Waals surface area contributed by atoms with Crippen LogP contribution in [0.4, 0.5) is 0 Å². The first-order chi connectivity index (χ1) is 10.1. The molecule has 2 fully saturated rings. The van der Waals surface area contributed by atoms with E-state index in [0.717, 1.165) is 52.0 Å². The third-order valence-corrected chi connectivity index (χ3v) is 4.49. The minimum atomic E-state index is -0.109. The molecule has 2 aliphatic rings. The summed E-state index contributed by atoms with van der Waals surface area (Å²) in [6, 6.07) is 0. The topological polar surface area (TPSA) is 69.9 Å². The lowest BCUT2D eigenvalue weighted by molar-refractivity contribution is -0.134. The molecule has 8 heteroatoms. The van der Waals surface area contributed by atoms with E-state index in [0.29, 0.717) is 19.6 Å². The van der Waals surface area contributed by atoms with Crippen LogP contribution in [0.5, 0.6) is 0 Å². The van der Waals surface area contributed by atoms with Crippen molar-refractivity contribution >= 4 is 36.6 Å². The number of likely N-dealkylation sites (tertiary alicyclic amines) is 1. The number of nitrogens with zero attached hydrogens (tertiary/aromatic N) is 3. The number of carbonyl (C=O) groups is 2. The average Bonchev–Trinajstić information content (AvgIpc) is 2.93. The summed E-state index contributed by atoms with van der Waals surface area (Å²) in [6.07, 6.45) is 3.19. The van der Waals surface area contributed by atoms with E-state index < -0.39 is 0 Å². The third-order valence-electron chi connectivity index (χ3n) is 4.49. The van der Waals surface area contributed by atoms with Gasteiger partial charge in [-0.1, -0.05) is 6.92 Å². The van der Waals surface area contributed by atoms with Crippen LogP contribution in [0.25, 0.3) is 0 Å². The van der Waals surface area contributed by atoms with Gasteiger partial charge in [-0.05, 0) is 19.3 Å². The molecule has 0 aromatic rings. The zero-order chi connectivity index (χ0) is 15.2. The third kappa shape index (κ3) is 6.45. The minimum absolute atomic E-state index is 0. The highest BCUT2D eigenvalue weighted by Gasteiger charge is 2.25. The van der Waals surface area contributed by atoms with Gasteiger partial charge in [0.1, 0.15) is 0 Å². The van der Waals surface area contributed by atoms with Gasteiger partial charge in [-0.25, -0.2) is 0 Å². The van der Waals surface area contributed by atoms with E-state index >= 15 is 0 Å². The molecule has 0 aliphatic carbocycles. The van der Waals surface area contributed by atoms with Crippen LogP contribution in [-0.2, 0) is 9.59 Å². The molecule has 1 unspecified atom stereocenters. The van der Waals surface area contributed by atoms with E-state index in [1.165, 1.54) is 0 Å². The molecule has 6 nitrogen and oxygen atoms in total. The second kappa shape index (κ2) is 11.1. The summed E-state index contributed by atoms with van der Waals surface area (Å²) >= 11 is 0. The van der Waals surface area contributed by atoms with Crippen molar-refractivity contribution in [3.05, 3.63) is 0 Å². The quantitative estimate of drug-likeness (QED) is 0.787. The Balaban J connectivity index is 0.00000242. The number of hydrogen-bond donors (Lipinski definition) is 1. The zero-order valence-electron chi connectivity index (χ0n) is 13.9. The Kier molecular flexibility index (Phi) is 10.8. The molecule has 2 amide bonds. The molecule has 2 heterocycles. The largest absolute Gasteiger partial charge is 0.342 e. The van der Waals surface area contributed by atoms with Gasteiger partial charge in [0.25, 0.3) is 0 Å². The van der Waals surface area contributed by atoms with Crippen LogP contribution >= 0.6 is 24.8 Å². The molecule has 0 saturated carbocycles. The van der Waals surface area contributed by atoms with Crippen molar-refractivity contribution < 1.29 is 9.59 Å². The highest BCUT2D eigenvalue weighted by molar-refractivity contribution is 5.85. The first-order valence-electron chi connectivity index (χ1n) is 8.11. The van der Waals surface area contributed by atoms with E-state index in [-0.39, 0.29) is 42.5 Å². The molecule has 2 saturated heterocycles.